The highest BCUT2D eigenvalue weighted by Crippen LogP contribution is 2.26. The predicted octanol–water partition coefficient (Wildman–Crippen LogP) is 5.14. The largest absolute Gasteiger partial charge is 0.312 e. The first kappa shape index (κ1) is 18.4. The number of hydrogen-bond donors (Lipinski definition) is 0. The van der Waals surface area contributed by atoms with Crippen molar-refractivity contribution in [1.82, 2.24) is 4.98 Å². The summed E-state index contributed by atoms with van der Waals surface area (Å²) in [5.74, 6) is -0.0408. The van der Waals surface area contributed by atoms with Crippen LogP contribution in [0.3, 0.4) is 0 Å². The average molecular weight is 368 g/mol. The molecule has 0 fully saturated rings. The lowest BCUT2D eigenvalue weighted by Crippen LogP contribution is -2.32. The highest BCUT2D eigenvalue weighted by Gasteiger charge is 2.15. The van der Waals surface area contributed by atoms with Crippen LogP contribution in [0, 0.1) is 19.7 Å². The second kappa shape index (κ2) is 7.87. The Morgan fingerprint density at radius 1 is 1.12 bits per heavy atom. The Bertz CT molecular complexity index is 941. The molecule has 26 heavy (non-hydrogen) atoms. The summed E-state index contributed by atoms with van der Waals surface area (Å²) in [5, 5.41) is 1.98. The van der Waals surface area contributed by atoms with Gasteiger partial charge in [0.15, 0.2) is 0 Å². The molecule has 0 atom stereocenters. The summed E-state index contributed by atoms with van der Waals surface area (Å²) in [5.41, 5.74) is 3.96. The fraction of sp³-hybridized carbons (Fsp3) is 0.238. The van der Waals surface area contributed by atoms with Crippen LogP contribution in [0.25, 0.3) is 10.9 Å². The highest BCUT2D eigenvalue weighted by atomic mass is 32.2. The summed E-state index contributed by atoms with van der Waals surface area (Å²) in [6.45, 7) is 6.55. The second-order valence-corrected chi connectivity index (χ2v) is 7.15. The second-order valence-electron chi connectivity index (χ2n) is 6.15. The van der Waals surface area contributed by atoms with E-state index in [1.165, 1.54) is 23.9 Å². The molecule has 0 aliphatic rings. The first-order chi connectivity index (χ1) is 12.5. The fourth-order valence-corrected chi connectivity index (χ4v) is 3.79. The molecule has 2 aromatic carbocycles. The van der Waals surface area contributed by atoms with Gasteiger partial charge >= 0.3 is 0 Å². The number of benzene rings is 2. The van der Waals surface area contributed by atoms with Crippen LogP contribution in [-0.2, 0) is 4.79 Å². The lowest BCUT2D eigenvalue weighted by atomic mass is 10.1. The Hall–Kier alpha value is -2.40. The smallest absolute Gasteiger partial charge is 0.237 e. The monoisotopic (exact) mass is 368 g/mol. The first-order valence-electron chi connectivity index (χ1n) is 8.55. The number of carbonyl (C=O) groups is 1. The van der Waals surface area contributed by atoms with Gasteiger partial charge in [-0.05, 0) is 62.2 Å². The molecule has 3 aromatic rings. The van der Waals surface area contributed by atoms with Crippen LogP contribution in [-0.4, -0.2) is 23.2 Å². The molecule has 3 rings (SSSR count). The highest BCUT2D eigenvalue weighted by molar-refractivity contribution is 7.99. The van der Waals surface area contributed by atoms with Gasteiger partial charge in [0.05, 0.1) is 16.3 Å². The van der Waals surface area contributed by atoms with Gasteiger partial charge < -0.3 is 4.90 Å². The van der Waals surface area contributed by atoms with Gasteiger partial charge in [-0.1, -0.05) is 30.0 Å². The van der Waals surface area contributed by atoms with Crippen LogP contribution in [0.1, 0.15) is 18.1 Å². The number of anilines is 1. The number of hydrogen-bond acceptors (Lipinski definition) is 3. The molecule has 0 bridgehead atoms. The van der Waals surface area contributed by atoms with Gasteiger partial charge in [-0.2, -0.15) is 0 Å². The van der Waals surface area contributed by atoms with E-state index in [0.717, 1.165) is 27.1 Å². The summed E-state index contributed by atoms with van der Waals surface area (Å²) in [6, 6.07) is 14.2. The summed E-state index contributed by atoms with van der Waals surface area (Å²) < 4.78 is 13.1. The minimum absolute atomic E-state index is 0.0200. The molecule has 1 amide bonds. The number of fused-ring (bicyclic) bond motifs is 1. The van der Waals surface area contributed by atoms with E-state index < -0.39 is 0 Å². The number of aryl methyl sites for hydroxylation is 2. The van der Waals surface area contributed by atoms with Crippen LogP contribution in [0.4, 0.5) is 10.1 Å². The quantitative estimate of drug-likeness (QED) is 0.585. The van der Waals surface area contributed by atoms with Crippen molar-refractivity contribution < 1.29 is 9.18 Å². The topological polar surface area (TPSA) is 33.2 Å². The van der Waals surface area contributed by atoms with Crippen molar-refractivity contribution in [2.75, 3.05) is 17.2 Å². The third-order valence-electron chi connectivity index (χ3n) is 4.32. The van der Waals surface area contributed by atoms with Gasteiger partial charge in [-0.25, -0.2) is 9.37 Å². The standard InChI is InChI=1S/C21H21FN2OS/c1-4-24(17-10-8-16(22)9-11-17)20(25)13-26-19-12-15(3)18-7-5-6-14(2)21(18)23-19/h5-12H,4,13H2,1-3H3. The molecule has 1 aromatic heterocycles. The fourth-order valence-electron chi connectivity index (χ4n) is 2.94. The third-order valence-corrected chi connectivity index (χ3v) is 5.22. The Morgan fingerprint density at radius 3 is 2.54 bits per heavy atom. The van der Waals surface area contributed by atoms with Gasteiger partial charge in [-0.15, -0.1) is 0 Å². The molecule has 0 spiro atoms. The van der Waals surface area contributed by atoms with E-state index in [1.807, 2.05) is 32.0 Å². The van der Waals surface area contributed by atoms with Crippen molar-refractivity contribution in [2.45, 2.75) is 25.8 Å². The van der Waals surface area contributed by atoms with E-state index in [2.05, 4.69) is 13.0 Å². The Kier molecular flexibility index (Phi) is 5.57. The van der Waals surface area contributed by atoms with Crippen molar-refractivity contribution in [3.8, 4) is 0 Å². The van der Waals surface area contributed by atoms with Crippen molar-refractivity contribution in [3.05, 3.63) is 65.5 Å². The molecular formula is C21H21FN2OS. The van der Waals surface area contributed by atoms with Gasteiger partial charge in [0.2, 0.25) is 5.91 Å². The summed E-state index contributed by atoms with van der Waals surface area (Å²) in [7, 11) is 0. The number of halogens is 1. The Balaban J connectivity index is 1.77. The molecule has 0 aliphatic heterocycles. The van der Waals surface area contributed by atoms with Gasteiger partial charge in [0.25, 0.3) is 0 Å². The number of thioether (sulfide) groups is 1. The number of pyridine rings is 1. The van der Waals surface area contributed by atoms with Crippen LogP contribution in [0.2, 0.25) is 0 Å². The van der Waals surface area contributed by atoms with E-state index in [4.69, 9.17) is 4.98 Å². The zero-order valence-corrected chi connectivity index (χ0v) is 15.9. The predicted molar refractivity (Wildman–Crippen MR) is 106 cm³/mol. The number of rotatable bonds is 5. The lowest BCUT2D eigenvalue weighted by molar-refractivity contribution is -0.116. The number of carbonyl (C=O) groups excluding carboxylic acids is 1. The lowest BCUT2D eigenvalue weighted by Gasteiger charge is -2.21. The maximum absolute atomic E-state index is 13.1. The minimum Gasteiger partial charge on any atom is -0.312 e. The third kappa shape index (κ3) is 3.88. The van der Waals surface area contributed by atoms with Crippen LogP contribution < -0.4 is 4.90 Å². The minimum atomic E-state index is -0.308. The molecular weight excluding hydrogens is 347 g/mol. The molecule has 0 radical (unpaired) electrons. The SMILES string of the molecule is CCN(C(=O)CSc1cc(C)c2cccc(C)c2n1)c1ccc(F)cc1. The zero-order chi connectivity index (χ0) is 18.7. The van der Waals surface area contributed by atoms with Crippen molar-refractivity contribution in [3.63, 3.8) is 0 Å². The number of amides is 1. The maximum Gasteiger partial charge on any atom is 0.237 e. The Labute approximate surface area is 157 Å². The molecule has 0 saturated carbocycles. The van der Waals surface area contributed by atoms with Crippen LogP contribution >= 0.6 is 11.8 Å². The Morgan fingerprint density at radius 2 is 1.85 bits per heavy atom. The normalized spacial score (nSPS) is 10.9. The zero-order valence-electron chi connectivity index (χ0n) is 15.1. The number of aromatic nitrogens is 1. The van der Waals surface area contributed by atoms with Crippen molar-refractivity contribution in [2.24, 2.45) is 0 Å². The van der Waals surface area contributed by atoms with E-state index in [1.54, 1.807) is 17.0 Å². The molecule has 0 N–H and O–H groups in total. The van der Waals surface area contributed by atoms with E-state index in [9.17, 15) is 9.18 Å². The molecule has 0 aliphatic carbocycles. The molecule has 3 nitrogen and oxygen atoms in total. The van der Waals surface area contributed by atoms with Gasteiger partial charge in [0.1, 0.15) is 5.82 Å². The average Bonchev–Trinajstić information content (AvgIpc) is 2.63. The summed E-state index contributed by atoms with van der Waals surface area (Å²) >= 11 is 1.43. The van der Waals surface area contributed by atoms with E-state index in [-0.39, 0.29) is 17.5 Å². The molecule has 134 valence electrons. The van der Waals surface area contributed by atoms with Crippen LogP contribution in [0.15, 0.2) is 53.6 Å². The van der Waals surface area contributed by atoms with Crippen molar-refractivity contribution >= 4 is 34.3 Å². The summed E-state index contributed by atoms with van der Waals surface area (Å²) in [6.07, 6.45) is 0. The summed E-state index contributed by atoms with van der Waals surface area (Å²) in [4.78, 5) is 19.0. The van der Waals surface area contributed by atoms with Crippen LogP contribution in [0.5, 0.6) is 0 Å². The molecule has 5 heteroatoms. The first-order valence-corrected chi connectivity index (χ1v) is 9.54. The maximum atomic E-state index is 13.1. The molecule has 0 unspecified atom stereocenters. The number of nitrogens with zero attached hydrogens (tertiary/aromatic N) is 2. The number of para-hydroxylation sites is 1. The van der Waals surface area contributed by atoms with Gasteiger partial charge in [0, 0.05) is 17.6 Å². The van der Waals surface area contributed by atoms with Gasteiger partial charge in [-0.3, -0.25) is 4.79 Å². The van der Waals surface area contributed by atoms with E-state index >= 15 is 0 Å². The molecule has 1 heterocycles. The molecule has 0 saturated heterocycles. The van der Waals surface area contributed by atoms with E-state index in [0.29, 0.717) is 12.2 Å². The van der Waals surface area contributed by atoms with Crippen molar-refractivity contribution in [1.29, 1.82) is 0 Å².